The van der Waals surface area contributed by atoms with Crippen molar-refractivity contribution in [1.29, 1.82) is 0 Å². The van der Waals surface area contributed by atoms with Gasteiger partial charge in [-0.05, 0) is 34.7 Å². The van der Waals surface area contributed by atoms with Gasteiger partial charge in [0.15, 0.2) is 0 Å². The Balaban J connectivity index is 2.36. The number of H-pyrrole nitrogens is 1. The minimum absolute atomic E-state index is 0.00860. The second-order valence-corrected chi connectivity index (χ2v) is 3.86. The lowest BCUT2D eigenvalue weighted by atomic mass is 10.4. The molecule has 3 nitrogen and oxygen atoms in total. The highest BCUT2D eigenvalue weighted by Gasteiger charge is 1.90. The Bertz CT molecular complexity index is 317. The molecule has 0 saturated heterocycles. The summed E-state index contributed by atoms with van der Waals surface area (Å²) >= 11 is 2.24. The number of carbonyl (C=O) groups is 1. The predicted octanol–water partition coefficient (Wildman–Crippen LogP) is 1.77. The molecule has 0 spiro atoms. The van der Waals surface area contributed by atoms with Crippen LogP contribution in [-0.4, -0.2) is 17.4 Å². The molecule has 13 heavy (non-hydrogen) atoms. The van der Waals surface area contributed by atoms with Crippen molar-refractivity contribution in [3.8, 4) is 0 Å². The van der Waals surface area contributed by atoms with Gasteiger partial charge in [-0.15, -0.1) is 0 Å². The summed E-state index contributed by atoms with van der Waals surface area (Å²) in [6.45, 7) is 2.08. The van der Waals surface area contributed by atoms with E-state index in [1.165, 1.54) is 10.5 Å². The number of hydrogen-bond acceptors (Lipinski definition) is 1. The van der Waals surface area contributed by atoms with E-state index in [2.05, 4.69) is 32.9 Å². The summed E-state index contributed by atoms with van der Waals surface area (Å²) in [5.41, 5.74) is 1.05. The molecule has 70 valence electrons. The zero-order chi connectivity index (χ0) is 9.68. The third-order valence-corrected chi connectivity index (χ3v) is 2.06. The molecule has 1 aromatic heterocycles. The minimum Gasteiger partial charge on any atom is -0.361 e. The van der Waals surface area contributed by atoms with Crippen LogP contribution in [0, 0.1) is 3.57 Å². The number of rotatable bonds is 3. The second kappa shape index (κ2) is 5.06. The van der Waals surface area contributed by atoms with Crippen LogP contribution >= 0.6 is 22.6 Å². The lowest BCUT2D eigenvalue weighted by molar-refractivity contribution is -0.118. The second-order valence-electron chi connectivity index (χ2n) is 2.61. The number of amides is 1. The van der Waals surface area contributed by atoms with Gasteiger partial charge in [-0.3, -0.25) is 4.79 Å². The predicted molar refractivity (Wildman–Crippen MR) is 61.2 cm³/mol. The van der Waals surface area contributed by atoms with Gasteiger partial charge in [0, 0.05) is 28.9 Å². The van der Waals surface area contributed by atoms with Crippen LogP contribution in [0.3, 0.4) is 0 Å². The van der Waals surface area contributed by atoms with Crippen LogP contribution < -0.4 is 5.32 Å². The van der Waals surface area contributed by atoms with Gasteiger partial charge in [0.05, 0.1) is 0 Å². The van der Waals surface area contributed by atoms with Crippen LogP contribution in [0.4, 0.5) is 0 Å². The summed E-state index contributed by atoms with van der Waals surface area (Å²) in [4.78, 5) is 13.6. The lowest BCUT2D eigenvalue weighted by Gasteiger charge is -1.93. The highest BCUT2D eigenvalue weighted by atomic mass is 127. The van der Waals surface area contributed by atoms with E-state index in [9.17, 15) is 4.79 Å². The molecule has 0 fully saturated rings. The van der Waals surface area contributed by atoms with Gasteiger partial charge in [-0.1, -0.05) is 6.08 Å². The van der Waals surface area contributed by atoms with Crippen LogP contribution in [0.25, 0.3) is 6.08 Å². The maximum Gasteiger partial charge on any atom is 0.217 e. The molecule has 0 bridgehead atoms. The third-order valence-electron chi connectivity index (χ3n) is 1.44. The van der Waals surface area contributed by atoms with Gasteiger partial charge < -0.3 is 10.3 Å². The first-order valence-electron chi connectivity index (χ1n) is 3.93. The van der Waals surface area contributed by atoms with Crippen LogP contribution in [0.15, 0.2) is 18.3 Å². The first-order valence-corrected chi connectivity index (χ1v) is 5.01. The van der Waals surface area contributed by atoms with E-state index < -0.39 is 0 Å². The fourth-order valence-electron chi connectivity index (χ4n) is 0.869. The molecule has 1 aromatic rings. The van der Waals surface area contributed by atoms with E-state index in [1.807, 2.05) is 24.4 Å². The molecule has 0 aliphatic carbocycles. The summed E-state index contributed by atoms with van der Waals surface area (Å²) in [6, 6.07) is 2.03. The Morgan fingerprint density at radius 3 is 3.08 bits per heavy atom. The molecule has 0 radical (unpaired) electrons. The molecule has 4 heteroatoms. The van der Waals surface area contributed by atoms with Gasteiger partial charge >= 0.3 is 0 Å². The van der Waals surface area contributed by atoms with Crippen molar-refractivity contribution in [3.63, 3.8) is 0 Å². The fourth-order valence-corrected chi connectivity index (χ4v) is 1.36. The van der Waals surface area contributed by atoms with Crippen molar-refractivity contribution in [2.45, 2.75) is 6.92 Å². The number of halogens is 1. The van der Waals surface area contributed by atoms with Crippen molar-refractivity contribution < 1.29 is 4.79 Å². The summed E-state index contributed by atoms with van der Waals surface area (Å²) in [5, 5.41) is 2.68. The smallest absolute Gasteiger partial charge is 0.217 e. The Morgan fingerprint density at radius 2 is 2.54 bits per heavy atom. The van der Waals surface area contributed by atoms with Crippen LogP contribution in [0.1, 0.15) is 12.6 Å². The molecule has 1 rings (SSSR count). The number of hydrogen-bond donors (Lipinski definition) is 2. The highest BCUT2D eigenvalue weighted by molar-refractivity contribution is 14.1. The van der Waals surface area contributed by atoms with Crippen molar-refractivity contribution in [2.75, 3.05) is 6.54 Å². The number of aromatic nitrogens is 1. The molecule has 0 aromatic carbocycles. The average Bonchev–Trinajstić information content (AvgIpc) is 2.45. The van der Waals surface area contributed by atoms with E-state index in [-0.39, 0.29) is 5.91 Å². The van der Waals surface area contributed by atoms with Crippen molar-refractivity contribution in [3.05, 3.63) is 27.6 Å². The van der Waals surface area contributed by atoms with Gasteiger partial charge in [0.2, 0.25) is 5.91 Å². The Hall–Kier alpha value is -0.780. The monoisotopic (exact) mass is 290 g/mol. The molecule has 0 aliphatic heterocycles. The molecule has 1 heterocycles. The molecule has 0 unspecified atom stereocenters. The van der Waals surface area contributed by atoms with Gasteiger partial charge in [0.1, 0.15) is 0 Å². The van der Waals surface area contributed by atoms with Crippen molar-refractivity contribution in [2.24, 2.45) is 0 Å². The maximum absolute atomic E-state index is 10.5. The summed E-state index contributed by atoms with van der Waals surface area (Å²) in [5.74, 6) is -0.00860. The van der Waals surface area contributed by atoms with E-state index >= 15 is 0 Å². The summed E-state index contributed by atoms with van der Waals surface area (Å²) in [7, 11) is 0. The van der Waals surface area contributed by atoms with E-state index in [0.717, 1.165) is 5.69 Å². The minimum atomic E-state index is -0.00860. The largest absolute Gasteiger partial charge is 0.361 e. The maximum atomic E-state index is 10.5. The quantitative estimate of drug-likeness (QED) is 0.819. The van der Waals surface area contributed by atoms with Crippen LogP contribution in [0.2, 0.25) is 0 Å². The SMILES string of the molecule is CC(=O)NCC=Cc1cc(I)c[nH]1. The standard InChI is InChI=1S/C9H11IN2O/c1-7(13)11-4-2-3-9-5-8(10)6-12-9/h2-3,5-6,12H,4H2,1H3,(H,11,13). The fraction of sp³-hybridized carbons (Fsp3) is 0.222. The molecular weight excluding hydrogens is 279 g/mol. The lowest BCUT2D eigenvalue weighted by Crippen LogP contribution is -2.19. The van der Waals surface area contributed by atoms with Crippen molar-refractivity contribution in [1.82, 2.24) is 10.3 Å². The summed E-state index contributed by atoms with van der Waals surface area (Å²) in [6.07, 6.45) is 5.78. The third kappa shape index (κ3) is 4.12. The topological polar surface area (TPSA) is 44.9 Å². The molecule has 2 N–H and O–H groups in total. The number of nitrogens with one attached hydrogen (secondary N) is 2. The Kier molecular flexibility index (Phi) is 4.01. The van der Waals surface area contributed by atoms with Gasteiger partial charge in [-0.25, -0.2) is 0 Å². The van der Waals surface area contributed by atoms with E-state index in [0.29, 0.717) is 6.54 Å². The van der Waals surface area contributed by atoms with Gasteiger partial charge in [-0.2, -0.15) is 0 Å². The molecule has 0 saturated carbocycles. The van der Waals surface area contributed by atoms with Crippen LogP contribution in [-0.2, 0) is 4.79 Å². The van der Waals surface area contributed by atoms with Gasteiger partial charge in [0.25, 0.3) is 0 Å². The van der Waals surface area contributed by atoms with E-state index in [1.54, 1.807) is 0 Å². The zero-order valence-electron chi connectivity index (χ0n) is 7.30. The van der Waals surface area contributed by atoms with Crippen LogP contribution in [0.5, 0.6) is 0 Å². The molecular formula is C9H11IN2O. The molecule has 0 atom stereocenters. The van der Waals surface area contributed by atoms with E-state index in [4.69, 9.17) is 0 Å². The normalized spacial score (nSPS) is 10.6. The molecule has 0 aliphatic rings. The number of carbonyl (C=O) groups excluding carboxylic acids is 1. The number of aromatic amines is 1. The first-order chi connectivity index (χ1) is 6.18. The zero-order valence-corrected chi connectivity index (χ0v) is 9.46. The molecule has 1 amide bonds. The summed E-state index contributed by atoms with van der Waals surface area (Å²) < 4.78 is 1.18. The average molecular weight is 290 g/mol. The highest BCUT2D eigenvalue weighted by Crippen LogP contribution is 2.06. The Morgan fingerprint density at radius 1 is 1.77 bits per heavy atom. The Labute approximate surface area is 90.7 Å². The van der Waals surface area contributed by atoms with Crippen molar-refractivity contribution >= 4 is 34.6 Å². The first kappa shape index (κ1) is 10.3.